The predicted octanol–water partition coefficient (Wildman–Crippen LogP) is 3.56. The van der Waals surface area contributed by atoms with Crippen molar-refractivity contribution in [1.29, 1.82) is 0 Å². The highest BCUT2D eigenvalue weighted by atomic mass is 32.2. The first-order valence-electron chi connectivity index (χ1n) is 11.7. The Labute approximate surface area is 205 Å². The number of amides is 1. The van der Waals surface area contributed by atoms with Crippen molar-refractivity contribution in [2.24, 2.45) is 10.7 Å². The number of hydrogen-bond donors (Lipinski definition) is 1. The summed E-state index contributed by atoms with van der Waals surface area (Å²) in [5, 5.41) is 0. The van der Waals surface area contributed by atoms with Gasteiger partial charge >= 0.3 is 0 Å². The number of nitrogens with zero attached hydrogens (tertiary/aromatic N) is 3. The van der Waals surface area contributed by atoms with Crippen molar-refractivity contribution in [3.05, 3.63) is 90.0 Å². The molecule has 2 aliphatic rings. The minimum absolute atomic E-state index is 0.163. The van der Waals surface area contributed by atoms with Crippen LogP contribution in [0.5, 0.6) is 0 Å². The van der Waals surface area contributed by atoms with Gasteiger partial charge in [-0.25, -0.2) is 13.4 Å². The maximum atomic E-state index is 13.5. The summed E-state index contributed by atoms with van der Waals surface area (Å²) in [5.74, 6) is -0.0575. The molecule has 0 aliphatic carbocycles. The van der Waals surface area contributed by atoms with E-state index < -0.39 is 15.6 Å². The molecule has 35 heavy (non-hydrogen) atoms. The van der Waals surface area contributed by atoms with E-state index in [0.717, 1.165) is 36.0 Å². The van der Waals surface area contributed by atoms with E-state index in [1.165, 1.54) is 4.90 Å². The number of sulfonamides is 1. The molecule has 8 heteroatoms. The zero-order valence-electron chi connectivity index (χ0n) is 19.6. The number of hydrogen-bond acceptors (Lipinski definition) is 5. The summed E-state index contributed by atoms with van der Waals surface area (Å²) in [5.41, 5.74) is 7.95. The van der Waals surface area contributed by atoms with Crippen molar-refractivity contribution in [2.75, 3.05) is 20.1 Å². The number of likely N-dealkylation sites (N-methyl/N-ethyl adjacent to an activating group) is 1. The van der Waals surface area contributed by atoms with Crippen molar-refractivity contribution < 1.29 is 13.2 Å². The van der Waals surface area contributed by atoms with E-state index in [2.05, 4.69) is 4.99 Å². The van der Waals surface area contributed by atoms with Gasteiger partial charge in [-0.1, -0.05) is 67.1 Å². The van der Waals surface area contributed by atoms with Crippen LogP contribution in [-0.4, -0.2) is 49.6 Å². The van der Waals surface area contributed by atoms with E-state index in [0.29, 0.717) is 23.5 Å². The van der Waals surface area contributed by atoms with Gasteiger partial charge in [-0.15, -0.1) is 0 Å². The van der Waals surface area contributed by atoms with Gasteiger partial charge in [0.25, 0.3) is 5.91 Å². The average Bonchev–Trinajstić information content (AvgIpc) is 3.14. The van der Waals surface area contributed by atoms with Crippen LogP contribution in [0.1, 0.15) is 30.4 Å². The summed E-state index contributed by atoms with van der Waals surface area (Å²) >= 11 is 0. The smallest absolute Gasteiger partial charge is 0.266 e. The van der Waals surface area contributed by atoms with Gasteiger partial charge in [0.05, 0.1) is 4.90 Å². The number of aliphatic imine (C=N–C) groups is 1. The van der Waals surface area contributed by atoms with Crippen LogP contribution < -0.4 is 5.73 Å². The van der Waals surface area contributed by atoms with Gasteiger partial charge in [-0.2, -0.15) is 4.31 Å². The topological polar surface area (TPSA) is 96.1 Å². The van der Waals surface area contributed by atoms with Gasteiger partial charge in [-0.05, 0) is 53.3 Å². The van der Waals surface area contributed by atoms with E-state index in [4.69, 9.17) is 5.73 Å². The Hall–Kier alpha value is -3.49. The largest absolute Gasteiger partial charge is 0.369 e. The molecule has 2 aliphatic heterocycles. The summed E-state index contributed by atoms with van der Waals surface area (Å²) in [6.45, 7) is 1.14. The van der Waals surface area contributed by atoms with E-state index in [1.807, 2.05) is 66.7 Å². The Balaban J connectivity index is 1.53. The van der Waals surface area contributed by atoms with Gasteiger partial charge in [0.15, 0.2) is 11.5 Å². The molecule has 2 heterocycles. The summed E-state index contributed by atoms with van der Waals surface area (Å²) in [4.78, 5) is 19.8. The number of piperidine rings is 1. The fourth-order valence-electron chi connectivity index (χ4n) is 4.86. The molecule has 5 rings (SSSR count). The maximum absolute atomic E-state index is 13.5. The second kappa shape index (κ2) is 8.94. The van der Waals surface area contributed by atoms with Crippen LogP contribution in [0.3, 0.4) is 0 Å². The zero-order valence-corrected chi connectivity index (χ0v) is 20.4. The molecule has 1 atom stereocenters. The average molecular weight is 489 g/mol. The van der Waals surface area contributed by atoms with Crippen LogP contribution in [0.15, 0.2) is 88.8 Å². The molecule has 3 aromatic carbocycles. The van der Waals surface area contributed by atoms with Gasteiger partial charge in [0.2, 0.25) is 10.0 Å². The molecular formula is C27H28N4O3S. The summed E-state index contributed by atoms with van der Waals surface area (Å²) in [6.07, 6.45) is 2.86. The minimum Gasteiger partial charge on any atom is -0.369 e. The highest BCUT2D eigenvalue weighted by Crippen LogP contribution is 2.40. The molecule has 0 saturated carbocycles. The van der Waals surface area contributed by atoms with Gasteiger partial charge < -0.3 is 5.73 Å². The summed E-state index contributed by atoms with van der Waals surface area (Å²) in [7, 11) is -1.87. The second-order valence-electron chi connectivity index (χ2n) is 8.98. The number of carbonyl (C=O) groups excluding carboxylic acids is 1. The molecule has 0 bridgehead atoms. The highest BCUT2D eigenvalue weighted by molar-refractivity contribution is 7.89. The normalized spacial score (nSPS) is 21.2. The lowest BCUT2D eigenvalue weighted by Gasteiger charge is -2.26. The SMILES string of the molecule is CN1C(=O)C(c2ccccc2)(c2cccc(-c3ccc(S(=O)(=O)N4CCCCC4)cc3)c2)N=C1N. The first-order valence-corrected chi connectivity index (χ1v) is 13.2. The maximum Gasteiger partial charge on any atom is 0.266 e. The lowest BCUT2D eigenvalue weighted by Crippen LogP contribution is -2.41. The molecule has 1 fully saturated rings. The first-order chi connectivity index (χ1) is 16.8. The molecule has 2 N–H and O–H groups in total. The summed E-state index contributed by atoms with van der Waals surface area (Å²) in [6, 6.07) is 23.9. The van der Waals surface area contributed by atoms with Crippen molar-refractivity contribution in [2.45, 2.75) is 29.7 Å². The number of rotatable bonds is 5. The van der Waals surface area contributed by atoms with Crippen LogP contribution in [0.2, 0.25) is 0 Å². The fourth-order valence-corrected chi connectivity index (χ4v) is 6.38. The van der Waals surface area contributed by atoms with Crippen molar-refractivity contribution >= 4 is 21.9 Å². The van der Waals surface area contributed by atoms with Crippen LogP contribution >= 0.6 is 0 Å². The van der Waals surface area contributed by atoms with Crippen LogP contribution in [0.25, 0.3) is 11.1 Å². The molecule has 7 nitrogen and oxygen atoms in total. The third-order valence-corrected chi connectivity index (χ3v) is 8.77. The Morgan fingerprint density at radius 3 is 2.11 bits per heavy atom. The van der Waals surface area contributed by atoms with Crippen LogP contribution in [0, 0.1) is 0 Å². The molecule has 1 unspecified atom stereocenters. The number of carbonyl (C=O) groups is 1. The minimum atomic E-state index is -3.50. The van der Waals surface area contributed by atoms with E-state index in [9.17, 15) is 13.2 Å². The second-order valence-corrected chi connectivity index (χ2v) is 10.9. The molecule has 180 valence electrons. The summed E-state index contributed by atoms with van der Waals surface area (Å²) < 4.78 is 27.6. The van der Waals surface area contributed by atoms with Crippen molar-refractivity contribution in [1.82, 2.24) is 9.21 Å². The van der Waals surface area contributed by atoms with Gasteiger partial charge in [0.1, 0.15) is 0 Å². The fraction of sp³-hybridized carbons (Fsp3) is 0.259. The monoisotopic (exact) mass is 488 g/mol. The van der Waals surface area contributed by atoms with Crippen LogP contribution in [-0.2, 0) is 20.4 Å². The van der Waals surface area contributed by atoms with E-state index >= 15 is 0 Å². The van der Waals surface area contributed by atoms with E-state index in [-0.39, 0.29) is 11.9 Å². The lowest BCUT2D eigenvalue weighted by molar-refractivity contribution is -0.129. The highest BCUT2D eigenvalue weighted by Gasteiger charge is 2.49. The molecule has 0 radical (unpaired) electrons. The van der Waals surface area contributed by atoms with Crippen LogP contribution in [0.4, 0.5) is 0 Å². The van der Waals surface area contributed by atoms with Gasteiger partial charge in [0, 0.05) is 20.1 Å². The van der Waals surface area contributed by atoms with E-state index in [1.54, 1.807) is 23.5 Å². The standard InChI is InChI=1S/C27H28N4O3S/c1-30-25(32)27(29-26(30)28,22-10-4-2-5-11-22)23-12-8-9-21(19-23)20-13-15-24(16-14-20)35(33,34)31-17-6-3-7-18-31/h2,4-5,8-16,19H,3,6-7,17-18H2,1H3,(H2,28,29). The number of guanidine groups is 1. The first kappa shape index (κ1) is 23.3. The third-order valence-electron chi connectivity index (χ3n) is 6.85. The Morgan fingerprint density at radius 1 is 0.829 bits per heavy atom. The van der Waals surface area contributed by atoms with Crippen molar-refractivity contribution in [3.63, 3.8) is 0 Å². The Bertz CT molecular complexity index is 1380. The molecule has 1 amide bonds. The molecule has 0 aromatic heterocycles. The third kappa shape index (κ3) is 3.92. The molecule has 0 spiro atoms. The number of nitrogens with two attached hydrogens (primary N) is 1. The molecule has 1 saturated heterocycles. The van der Waals surface area contributed by atoms with Crippen molar-refractivity contribution in [3.8, 4) is 11.1 Å². The predicted molar refractivity (Wildman–Crippen MR) is 136 cm³/mol. The lowest BCUT2D eigenvalue weighted by atomic mass is 9.82. The number of benzene rings is 3. The molecule has 3 aromatic rings. The molecular weight excluding hydrogens is 460 g/mol. The van der Waals surface area contributed by atoms with Gasteiger partial charge in [-0.3, -0.25) is 9.69 Å². The Morgan fingerprint density at radius 2 is 1.49 bits per heavy atom. The zero-order chi connectivity index (χ0) is 24.6. The Kier molecular flexibility index (Phi) is 5.94. The quantitative estimate of drug-likeness (QED) is 0.594.